The van der Waals surface area contributed by atoms with Crippen molar-refractivity contribution >= 4 is 32.5 Å². The van der Waals surface area contributed by atoms with Crippen LogP contribution < -0.4 is 4.90 Å². The Kier molecular flexibility index (Phi) is 3.22. The highest BCUT2D eigenvalue weighted by Gasteiger charge is 2.13. The van der Waals surface area contributed by atoms with E-state index in [1.54, 1.807) is 0 Å². The normalized spacial score (nSPS) is 16.2. The van der Waals surface area contributed by atoms with Gasteiger partial charge in [0.25, 0.3) is 0 Å². The molecule has 1 aliphatic rings. The molecule has 1 saturated heterocycles. The summed E-state index contributed by atoms with van der Waals surface area (Å²) in [4.78, 5) is 6.84. The maximum absolute atomic E-state index is 5.37. The highest BCUT2D eigenvalue weighted by atomic mass is 79.9. The van der Waals surface area contributed by atoms with Crippen molar-refractivity contribution in [1.82, 2.24) is 4.98 Å². The first-order valence-electron chi connectivity index (χ1n) is 6.12. The molecule has 94 valence electrons. The number of aryl methyl sites for hydroxylation is 1. The molecule has 1 fully saturated rings. The zero-order valence-corrected chi connectivity index (χ0v) is 11.9. The summed E-state index contributed by atoms with van der Waals surface area (Å²) in [5.41, 5.74) is 1.25. The van der Waals surface area contributed by atoms with E-state index in [-0.39, 0.29) is 0 Å². The van der Waals surface area contributed by atoms with Crippen LogP contribution in [0.5, 0.6) is 0 Å². The van der Waals surface area contributed by atoms with Crippen molar-refractivity contribution in [2.24, 2.45) is 0 Å². The molecule has 0 atom stereocenters. The third-order valence-corrected chi connectivity index (χ3v) is 3.91. The van der Waals surface area contributed by atoms with E-state index in [1.807, 2.05) is 6.20 Å². The number of halogens is 1. The van der Waals surface area contributed by atoms with Gasteiger partial charge in [0.15, 0.2) is 0 Å². The number of fused-ring (bicyclic) bond motifs is 1. The second-order valence-corrected chi connectivity index (χ2v) is 5.46. The number of nitrogens with zero attached hydrogens (tertiary/aromatic N) is 2. The van der Waals surface area contributed by atoms with Crippen LogP contribution in [0.1, 0.15) is 5.56 Å². The van der Waals surface area contributed by atoms with Crippen LogP contribution in [-0.4, -0.2) is 31.3 Å². The van der Waals surface area contributed by atoms with Crippen molar-refractivity contribution in [2.75, 3.05) is 31.2 Å². The molecule has 0 unspecified atom stereocenters. The third kappa shape index (κ3) is 2.22. The standard InChI is InChI=1S/C14H15BrN2O/c1-10-6-11-9-16-14(8-12(11)13(15)7-10)17-2-4-18-5-3-17/h6-9H,2-5H2,1H3. The number of pyridine rings is 1. The molecule has 0 bridgehead atoms. The average Bonchev–Trinajstić information content (AvgIpc) is 2.39. The SMILES string of the molecule is Cc1cc(Br)c2cc(N3CCOCC3)ncc2c1. The quantitative estimate of drug-likeness (QED) is 0.809. The Balaban J connectivity index is 2.04. The first-order chi connectivity index (χ1) is 8.74. The van der Waals surface area contributed by atoms with Crippen LogP contribution in [0, 0.1) is 6.92 Å². The summed E-state index contributed by atoms with van der Waals surface area (Å²) in [5.74, 6) is 1.04. The van der Waals surface area contributed by atoms with Gasteiger partial charge in [-0.1, -0.05) is 15.9 Å². The van der Waals surface area contributed by atoms with Crippen molar-refractivity contribution in [1.29, 1.82) is 0 Å². The minimum absolute atomic E-state index is 0.786. The fraction of sp³-hybridized carbons (Fsp3) is 0.357. The number of rotatable bonds is 1. The van der Waals surface area contributed by atoms with Crippen molar-refractivity contribution in [2.45, 2.75) is 6.92 Å². The van der Waals surface area contributed by atoms with Crippen LogP contribution >= 0.6 is 15.9 Å². The lowest BCUT2D eigenvalue weighted by atomic mass is 10.1. The minimum Gasteiger partial charge on any atom is -0.378 e. The van der Waals surface area contributed by atoms with E-state index in [2.05, 4.69) is 50.9 Å². The van der Waals surface area contributed by atoms with Crippen LogP contribution in [0.25, 0.3) is 10.8 Å². The third-order valence-electron chi connectivity index (χ3n) is 3.25. The van der Waals surface area contributed by atoms with Gasteiger partial charge in [0.2, 0.25) is 0 Å². The van der Waals surface area contributed by atoms with E-state index in [0.29, 0.717) is 0 Å². The Bertz CT molecular complexity index is 579. The van der Waals surface area contributed by atoms with Gasteiger partial charge in [-0.2, -0.15) is 0 Å². The molecular weight excluding hydrogens is 292 g/mol. The van der Waals surface area contributed by atoms with Crippen molar-refractivity contribution in [3.05, 3.63) is 34.4 Å². The average molecular weight is 307 g/mol. The largest absolute Gasteiger partial charge is 0.378 e. The molecule has 0 radical (unpaired) electrons. The van der Waals surface area contributed by atoms with Gasteiger partial charge in [-0.25, -0.2) is 4.98 Å². The Hall–Kier alpha value is -1.13. The van der Waals surface area contributed by atoms with Gasteiger partial charge in [0, 0.05) is 34.5 Å². The Morgan fingerprint density at radius 2 is 2.00 bits per heavy atom. The molecule has 4 heteroatoms. The molecule has 18 heavy (non-hydrogen) atoms. The van der Waals surface area contributed by atoms with Gasteiger partial charge in [-0.3, -0.25) is 0 Å². The number of aromatic nitrogens is 1. The topological polar surface area (TPSA) is 25.4 Å². The monoisotopic (exact) mass is 306 g/mol. The molecular formula is C14H15BrN2O. The molecule has 2 aromatic rings. The lowest BCUT2D eigenvalue weighted by molar-refractivity contribution is 0.122. The summed E-state index contributed by atoms with van der Waals surface area (Å²) in [7, 11) is 0. The summed E-state index contributed by atoms with van der Waals surface area (Å²) in [5, 5.41) is 2.40. The summed E-state index contributed by atoms with van der Waals surface area (Å²) >= 11 is 3.63. The molecule has 0 spiro atoms. The van der Waals surface area contributed by atoms with Gasteiger partial charge >= 0.3 is 0 Å². The molecule has 3 rings (SSSR count). The van der Waals surface area contributed by atoms with E-state index < -0.39 is 0 Å². The van der Waals surface area contributed by atoms with Gasteiger partial charge in [-0.15, -0.1) is 0 Å². The summed E-state index contributed by atoms with van der Waals surface area (Å²) in [6.07, 6.45) is 1.96. The molecule has 0 amide bonds. The lowest BCUT2D eigenvalue weighted by Gasteiger charge is -2.28. The Labute approximate surface area is 115 Å². The summed E-state index contributed by atoms with van der Waals surface area (Å²) in [6.45, 7) is 5.51. The van der Waals surface area contributed by atoms with Gasteiger partial charge < -0.3 is 9.64 Å². The zero-order chi connectivity index (χ0) is 12.5. The van der Waals surface area contributed by atoms with Crippen LogP contribution in [0.2, 0.25) is 0 Å². The highest BCUT2D eigenvalue weighted by Crippen LogP contribution is 2.28. The van der Waals surface area contributed by atoms with Crippen LogP contribution in [0.4, 0.5) is 5.82 Å². The zero-order valence-electron chi connectivity index (χ0n) is 10.3. The first-order valence-corrected chi connectivity index (χ1v) is 6.92. The molecule has 1 aliphatic heterocycles. The Morgan fingerprint density at radius 3 is 2.78 bits per heavy atom. The molecule has 2 heterocycles. The molecule has 0 aliphatic carbocycles. The number of morpholine rings is 1. The maximum atomic E-state index is 5.37. The van der Waals surface area contributed by atoms with Crippen LogP contribution in [0.3, 0.4) is 0 Å². The molecule has 0 saturated carbocycles. The Morgan fingerprint density at radius 1 is 1.22 bits per heavy atom. The highest BCUT2D eigenvalue weighted by molar-refractivity contribution is 9.10. The van der Waals surface area contributed by atoms with Crippen LogP contribution in [0.15, 0.2) is 28.9 Å². The fourth-order valence-electron chi connectivity index (χ4n) is 2.31. The van der Waals surface area contributed by atoms with E-state index in [1.165, 1.54) is 16.3 Å². The molecule has 1 aromatic heterocycles. The summed E-state index contributed by atoms with van der Waals surface area (Å²) < 4.78 is 6.50. The number of hydrogen-bond acceptors (Lipinski definition) is 3. The van der Waals surface area contributed by atoms with Crippen LogP contribution in [-0.2, 0) is 4.74 Å². The predicted octanol–water partition coefficient (Wildman–Crippen LogP) is 3.14. The van der Waals surface area contributed by atoms with Crippen molar-refractivity contribution in [3.63, 3.8) is 0 Å². The minimum atomic E-state index is 0.786. The number of benzene rings is 1. The second kappa shape index (κ2) is 4.86. The maximum Gasteiger partial charge on any atom is 0.129 e. The number of anilines is 1. The van der Waals surface area contributed by atoms with E-state index in [0.717, 1.165) is 36.6 Å². The molecule has 0 N–H and O–H groups in total. The fourth-order valence-corrected chi connectivity index (χ4v) is 3.01. The van der Waals surface area contributed by atoms with Crippen molar-refractivity contribution < 1.29 is 4.74 Å². The molecule has 3 nitrogen and oxygen atoms in total. The number of hydrogen-bond donors (Lipinski definition) is 0. The number of ether oxygens (including phenoxy) is 1. The second-order valence-electron chi connectivity index (χ2n) is 4.61. The van der Waals surface area contributed by atoms with Gasteiger partial charge in [0.1, 0.15) is 5.82 Å². The van der Waals surface area contributed by atoms with E-state index >= 15 is 0 Å². The lowest BCUT2D eigenvalue weighted by Crippen LogP contribution is -2.36. The van der Waals surface area contributed by atoms with E-state index in [9.17, 15) is 0 Å². The summed E-state index contributed by atoms with van der Waals surface area (Å²) in [6, 6.07) is 6.46. The molecule has 1 aromatic carbocycles. The van der Waals surface area contributed by atoms with Crippen molar-refractivity contribution in [3.8, 4) is 0 Å². The first kappa shape index (κ1) is 11.9. The van der Waals surface area contributed by atoms with Gasteiger partial charge in [-0.05, 0) is 30.7 Å². The predicted molar refractivity (Wildman–Crippen MR) is 77.2 cm³/mol. The van der Waals surface area contributed by atoms with Gasteiger partial charge in [0.05, 0.1) is 13.2 Å². The smallest absolute Gasteiger partial charge is 0.129 e. The van der Waals surface area contributed by atoms with E-state index in [4.69, 9.17) is 4.74 Å².